The number of nitrogens with one attached hydrogen (secondary N) is 1. The summed E-state index contributed by atoms with van der Waals surface area (Å²) in [7, 11) is 1.95. The van der Waals surface area contributed by atoms with E-state index in [-0.39, 0.29) is 24.1 Å². The van der Waals surface area contributed by atoms with Crippen molar-refractivity contribution in [1.82, 2.24) is 14.9 Å². The number of halogens is 2. The van der Waals surface area contributed by atoms with Gasteiger partial charge in [0.25, 0.3) is 6.02 Å². The van der Waals surface area contributed by atoms with Gasteiger partial charge in [-0.2, -0.15) is 4.99 Å². The molecule has 3 aromatic carbocycles. The fraction of sp³-hybridized carbons (Fsp3) is 0.300. The van der Waals surface area contributed by atoms with Crippen LogP contribution in [0.2, 0.25) is 5.02 Å². The third kappa shape index (κ3) is 6.78. The molecule has 0 saturated carbocycles. The van der Waals surface area contributed by atoms with Crippen molar-refractivity contribution in [3.63, 3.8) is 0 Å². The topological polar surface area (TPSA) is 81.1 Å². The summed E-state index contributed by atoms with van der Waals surface area (Å²) >= 11 is 6.53. The molecule has 10 heteroatoms. The molecule has 0 radical (unpaired) electrons. The van der Waals surface area contributed by atoms with Gasteiger partial charge in [0.1, 0.15) is 36.9 Å². The zero-order valence-corrected chi connectivity index (χ0v) is 23.6. The lowest BCUT2D eigenvalue weighted by Gasteiger charge is -2.24. The van der Waals surface area contributed by atoms with Crippen molar-refractivity contribution >= 4 is 45.7 Å². The van der Waals surface area contributed by atoms with Gasteiger partial charge in [-0.05, 0) is 63.2 Å². The van der Waals surface area contributed by atoms with Crippen LogP contribution in [0.15, 0.2) is 72.0 Å². The van der Waals surface area contributed by atoms with Gasteiger partial charge >= 0.3 is 0 Å². The van der Waals surface area contributed by atoms with Crippen molar-refractivity contribution in [2.24, 2.45) is 4.99 Å². The van der Waals surface area contributed by atoms with Crippen molar-refractivity contribution in [2.45, 2.75) is 39.0 Å². The van der Waals surface area contributed by atoms with Crippen LogP contribution in [0.3, 0.4) is 0 Å². The molecule has 0 unspecified atom stereocenters. The standard InChI is InChI=1S/C30H31ClFN5O3/c1-30(2,3)40-17-23-16-39-29(37(23)4)36-21-10-11-27-25(13-21)28(34-18-33-27)35-22-9-8-19(26(31)14-22)15-38-24-7-5-6-20(32)12-24/h5-14,18,23H,15-17H2,1-4H3,(H,33,34,35)/b36-29-/t23-/m1/s1. The Hall–Kier alpha value is -3.95. The molecular formula is C30H31ClFN5O3. The second-order valence-corrected chi connectivity index (χ2v) is 10.9. The number of fused-ring (bicyclic) bond motifs is 1. The molecule has 0 aliphatic carbocycles. The maximum Gasteiger partial charge on any atom is 0.292 e. The number of nitrogens with zero attached hydrogens (tertiary/aromatic N) is 4. The number of ether oxygens (including phenoxy) is 3. The maximum atomic E-state index is 13.4. The van der Waals surface area contributed by atoms with E-state index < -0.39 is 0 Å². The van der Waals surface area contributed by atoms with E-state index >= 15 is 0 Å². The van der Waals surface area contributed by atoms with Gasteiger partial charge in [0.15, 0.2) is 0 Å². The summed E-state index contributed by atoms with van der Waals surface area (Å²) < 4.78 is 30.9. The second-order valence-electron chi connectivity index (χ2n) is 10.5. The molecule has 1 aromatic heterocycles. The molecule has 1 aliphatic rings. The van der Waals surface area contributed by atoms with Crippen LogP contribution in [-0.4, -0.2) is 52.8 Å². The Morgan fingerprint density at radius 3 is 2.75 bits per heavy atom. The Bertz CT molecular complexity index is 1540. The Labute approximate surface area is 237 Å². The third-order valence-corrected chi connectivity index (χ3v) is 6.66. The van der Waals surface area contributed by atoms with Gasteiger partial charge in [-0.25, -0.2) is 14.4 Å². The van der Waals surface area contributed by atoms with E-state index in [9.17, 15) is 4.39 Å². The first-order chi connectivity index (χ1) is 19.1. The number of anilines is 2. The van der Waals surface area contributed by atoms with Crippen LogP contribution in [0.1, 0.15) is 26.3 Å². The summed E-state index contributed by atoms with van der Waals surface area (Å²) in [6, 6.07) is 17.9. The van der Waals surface area contributed by atoms with E-state index in [0.717, 1.165) is 22.2 Å². The summed E-state index contributed by atoms with van der Waals surface area (Å²) in [6.45, 7) is 7.38. The maximum absolute atomic E-state index is 13.4. The van der Waals surface area contributed by atoms with Crippen LogP contribution in [0, 0.1) is 5.82 Å². The number of hydrogen-bond donors (Lipinski definition) is 1. The van der Waals surface area contributed by atoms with E-state index in [4.69, 9.17) is 30.8 Å². The predicted octanol–water partition coefficient (Wildman–Crippen LogP) is 6.88. The Morgan fingerprint density at radius 2 is 1.98 bits per heavy atom. The lowest BCUT2D eigenvalue weighted by Crippen LogP contribution is -2.36. The van der Waals surface area contributed by atoms with Crippen molar-refractivity contribution in [2.75, 3.05) is 25.6 Å². The fourth-order valence-corrected chi connectivity index (χ4v) is 4.31. The Morgan fingerprint density at radius 1 is 1.12 bits per heavy atom. The number of hydrogen-bond acceptors (Lipinski definition) is 7. The van der Waals surface area contributed by atoms with Crippen LogP contribution in [0.5, 0.6) is 5.75 Å². The lowest BCUT2D eigenvalue weighted by atomic mass is 10.2. The highest BCUT2D eigenvalue weighted by atomic mass is 35.5. The summed E-state index contributed by atoms with van der Waals surface area (Å²) in [6.07, 6.45) is 1.51. The Balaban J connectivity index is 1.31. The highest BCUT2D eigenvalue weighted by molar-refractivity contribution is 6.31. The summed E-state index contributed by atoms with van der Waals surface area (Å²) in [5.74, 6) is 0.699. The molecule has 0 spiro atoms. The average molecular weight is 564 g/mol. The van der Waals surface area contributed by atoms with Crippen LogP contribution in [-0.2, 0) is 16.1 Å². The molecule has 1 N–H and O–H groups in total. The van der Waals surface area contributed by atoms with E-state index in [1.54, 1.807) is 18.2 Å². The van der Waals surface area contributed by atoms with Crippen molar-refractivity contribution in [3.05, 3.63) is 83.4 Å². The third-order valence-electron chi connectivity index (χ3n) is 6.31. The summed E-state index contributed by atoms with van der Waals surface area (Å²) in [5, 5.41) is 4.64. The SMILES string of the molecule is CN1/C(=N/c2ccc3ncnc(Nc4ccc(COc5cccc(F)c5)c(Cl)c4)c3c2)OC[C@@H]1COC(C)(C)C. The molecular weight excluding hydrogens is 533 g/mol. The molecule has 1 fully saturated rings. The van der Waals surface area contributed by atoms with Gasteiger partial charge in [-0.1, -0.05) is 23.7 Å². The first-order valence-corrected chi connectivity index (χ1v) is 13.3. The number of amidine groups is 1. The lowest BCUT2D eigenvalue weighted by molar-refractivity contribution is -0.0220. The van der Waals surface area contributed by atoms with E-state index in [2.05, 4.69) is 15.3 Å². The molecule has 1 aliphatic heterocycles. The number of rotatable bonds is 8. The molecule has 8 nitrogen and oxygen atoms in total. The quantitative estimate of drug-likeness (QED) is 0.250. The van der Waals surface area contributed by atoms with Gasteiger partial charge in [0.05, 0.1) is 29.5 Å². The minimum atomic E-state index is -0.354. The molecule has 1 saturated heterocycles. The molecule has 2 heterocycles. The molecule has 5 rings (SSSR count). The number of aromatic nitrogens is 2. The van der Waals surface area contributed by atoms with Crippen molar-refractivity contribution in [3.8, 4) is 5.75 Å². The fourth-order valence-electron chi connectivity index (χ4n) is 4.08. The first kappa shape index (κ1) is 27.6. The predicted molar refractivity (Wildman–Crippen MR) is 155 cm³/mol. The van der Waals surface area contributed by atoms with Crippen molar-refractivity contribution < 1.29 is 18.6 Å². The van der Waals surface area contributed by atoms with Crippen LogP contribution < -0.4 is 10.1 Å². The van der Waals surface area contributed by atoms with Gasteiger partial charge in [0, 0.05) is 34.8 Å². The monoisotopic (exact) mass is 563 g/mol. The normalized spacial score (nSPS) is 16.4. The minimum absolute atomic E-state index is 0.0889. The molecule has 4 aromatic rings. The highest BCUT2D eigenvalue weighted by Crippen LogP contribution is 2.30. The zero-order valence-electron chi connectivity index (χ0n) is 22.8. The molecule has 1 atom stereocenters. The van der Waals surface area contributed by atoms with Crippen LogP contribution in [0.25, 0.3) is 10.9 Å². The van der Waals surface area contributed by atoms with Crippen LogP contribution >= 0.6 is 11.6 Å². The van der Waals surface area contributed by atoms with Gasteiger partial charge in [0.2, 0.25) is 0 Å². The Kier molecular flexibility index (Phi) is 8.04. The number of aliphatic imine (C=N–C) groups is 1. The van der Waals surface area contributed by atoms with Gasteiger partial charge in [-0.15, -0.1) is 0 Å². The number of benzene rings is 3. The first-order valence-electron chi connectivity index (χ1n) is 12.9. The zero-order chi connectivity index (χ0) is 28.3. The van der Waals surface area contributed by atoms with Crippen molar-refractivity contribution in [1.29, 1.82) is 0 Å². The second kappa shape index (κ2) is 11.7. The largest absolute Gasteiger partial charge is 0.489 e. The molecule has 208 valence electrons. The summed E-state index contributed by atoms with van der Waals surface area (Å²) in [5.41, 5.74) is 2.78. The number of likely N-dealkylation sites (N-methyl/N-ethyl adjacent to an activating group) is 1. The molecule has 40 heavy (non-hydrogen) atoms. The molecule has 0 bridgehead atoms. The highest BCUT2D eigenvalue weighted by Gasteiger charge is 2.29. The van der Waals surface area contributed by atoms with Gasteiger partial charge in [-0.3, -0.25) is 0 Å². The van der Waals surface area contributed by atoms with Gasteiger partial charge < -0.3 is 24.4 Å². The molecule has 0 amide bonds. The van der Waals surface area contributed by atoms with Crippen LogP contribution in [0.4, 0.5) is 21.6 Å². The van der Waals surface area contributed by atoms with E-state index in [0.29, 0.717) is 41.5 Å². The van der Waals surface area contributed by atoms with E-state index in [1.807, 2.05) is 63.1 Å². The minimum Gasteiger partial charge on any atom is -0.489 e. The smallest absolute Gasteiger partial charge is 0.292 e. The average Bonchev–Trinajstić information content (AvgIpc) is 3.25. The summed E-state index contributed by atoms with van der Waals surface area (Å²) in [4.78, 5) is 15.6. The van der Waals surface area contributed by atoms with E-state index in [1.165, 1.54) is 18.5 Å².